The van der Waals surface area contributed by atoms with Crippen molar-refractivity contribution in [3.63, 3.8) is 0 Å². The van der Waals surface area contributed by atoms with Crippen molar-refractivity contribution in [3.8, 4) is 11.6 Å². The first kappa shape index (κ1) is 15.2. The second-order valence-electron chi connectivity index (χ2n) is 4.88. The molecule has 0 spiro atoms. The smallest absolute Gasteiger partial charge is 0.226 e. The number of hydrogen-bond acceptors (Lipinski definition) is 5. The molecule has 1 aromatic heterocycles. The van der Waals surface area contributed by atoms with Crippen molar-refractivity contribution in [1.29, 1.82) is 0 Å². The molecule has 6 heteroatoms. The summed E-state index contributed by atoms with van der Waals surface area (Å²) in [6, 6.07) is 7.57. The molecule has 0 aliphatic carbocycles. The van der Waals surface area contributed by atoms with Gasteiger partial charge in [0, 0.05) is 19.2 Å². The van der Waals surface area contributed by atoms with Gasteiger partial charge in [-0.1, -0.05) is 13.8 Å². The first-order chi connectivity index (χ1) is 10.1. The van der Waals surface area contributed by atoms with Gasteiger partial charge in [-0.3, -0.25) is 0 Å². The second-order valence-corrected chi connectivity index (χ2v) is 4.88. The number of rotatable bonds is 6. The van der Waals surface area contributed by atoms with Gasteiger partial charge in [-0.15, -0.1) is 0 Å². The van der Waals surface area contributed by atoms with Gasteiger partial charge in [-0.05, 0) is 30.2 Å². The molecule has 0 saturated heterocycles. The lowest BCUT2D eigenvalue weighted by Gasteiger charge is -2.11. The summed E-state index contributed by atoms with van der Waals surface area (Å²) < 4.78 is 18.6. The number of hydrogen-bond donors (Lipinski definition) is 2. The van der Waals surface area contributed by atoms with Crippen LogP contribution in [0.4, 0.5) is 10.3 Å². The van der Waals surface area contributed by atoms with Crippen molar-refractivity contribution in [3.05, 3.63) is 41.8 Å². The zero-order chi connectivity index (χ0) is 15.2. The van der Waals surface area contributed by atoms with E-state index in [1.54, 1.807) is 18.2 Å². The molecule has 21 heavy (non-hydrogen) atoms. The summed E-state index contributed by atoms with van der Waals surface area (Å²) in [5.74, 6) is 1.35. The number of nitrogens with two attached hydrogens (primary N) is 1. The number of aromatic nitrogens is 2. The molecule has 1 aromatic carbocycles. The van der Waals surface area contributed by atoms with Crippen molar-refractivity contribution < 1.29 is 9.13 Å². The molecule has 0 radical (unpaired) electrons. The molecule has 0 aliphatic heterocycles. The quantitative estimate of drug-likeness (QED) is 0.855. The molecule has 3 N–H and O–H groups in total. The minimum absolute atomic E-state index is 0.238. The zero-order valence-corrected chi connectivity index (χ0v) is 12.1. The maximum absolute atomic E-state index is 12.9. The van der Waals surface area contributed by atoms with E-state index in [1.807, 2.05) is 13.8 Å². The first-order valence-corrected chi connectivity index (χ1v) is 6.85. The van der Waals surface area contributed by atoms with E-state index in [4.69, 9.17) is 10.5 Å². The van der Waals surface area contributed by atoms with E-state index >= 15 is 0 Å². The van der Waals surface area contributed by atoms with Gasteiger partial charge >= 0.3 is 0 Å². The lowest BCUT2D eigenvalue weighted by atomic mass is 10.1. The molecular formula is C15H19FN4O. The van der Waals surface area contributed by atoms with Gasteiger partial charge in [0.25, 0.3) is 0 Å². The SMILES string of the molecule is CC(C)c1cc(Oc2ccc(F)cc2)nc(NCCN)n1. The van der Waals surface area contributed by atoms with Crippen LogP contribution in [0.15, 0.2) is 30.3 Å². The molecule has 2 aromatic rings. The average Bonchev–Trinajstić information content (AvgIpc) is 2.47. The fraction of sp³-hybridized carbons (Fsp3) is 0.333. The third-order valence-electron chi connectivity index (χ3n) is 2.78. The lowest BCUT2D eigenvalue weighted by Crippen LogP contribution is -2.15. The monoisotopic (exact) mass is 290 g/mol. The summed E-state index contributed by atoms with van der Waals surface area (Å²) in [6.07, 6.45) is 0. The van der Waals surface area contributed by atoms with Gasteiger partial charge in [0.2, 0.25) is 11.8 Å². The average molecular weight is 290 g/mol. The van der Waals surface area contributed by atoms with Crippen LogP contribution in [0.2, 0.25) is 0 Å². The summed E-state index contributed by atoms with van der Waals surface area (Å²) in [6.45, 7) is 5.15. The van der Waals surface area contributed by atoms with Gasteiger partial charge in [0.05, 0.1) is 5.69 Å². The van der Waals surface area contributed by atoms with E-state index in [9.17, 15) is 4.39 Å². The predicted molar refractivity (Wildman–Crippen MR) is 80.1 cm³/mol. The van der Waals surface area contributed by atoms with Gasteiger partial charge in [0.1, 0.15) is 11.6 Å². The predicted octanol–water partition coefficient (Wildman–Crippen LogP) is 2.90. The summed E-state index contributed by atoms with van der Waals surface area (Å²) in [5, 5.41) is 3.04. The molecule has 0 aliphatic rings. The molecule has 0 unspecified atom stereocenters. The topological polar surface area (TPSA) is 73.1 Å². The van der Waals surface area contributed by atoms with Crippen molar-refractivity contribution in [1.82, 2.24) is 9.97 Å². The fourth-order valence-corrected chi connectivity index (χ4v) is 1.68. The van der Waals surface area contributed by atoms with Crippen LogP contribution in [-0.4, -0.2) is 23.1 Å². The summed E-state index contributed by atoms with van der Waals surface area (Å²) in [4.78, 5) is 8.69. The Kier molecular flexibility index (Phi) is 5.05. The minimum atomic E-state index is -0.307. The summed E-state index contributed by atoms with van der Waals surface area (Å²) in [5.41, 5.74) is 6.33. The van der Waals surface area contributed by atoms with Crippen molar-refractivity contribution in [2.45, 2.75) is 19.8 Å². The van der Waals surface area contributed by atoms with Crippen LogP contribution in [0.1, 0.15) is 25.5 Å². The molecule has 1 heterocycles. The standard InChI is InChI=1S/C15H19FN4O/c1-10(2)13-9-14(20-15(19-13)18-8-7-17)21-12-5-3-11(16)4-6-12/h3-6,9-10H,7-8,17H2,1-2H3,(H,18,19,20). The van der Waals surface area contributed by atoms with Gasteiger partial charge in [-0.25, -0.2) is 9.37 Å². The number of halogens is 1. The maximum Gasteiger partial charge on any atom is 0.226 e. The van der Waals surface area contributed by atoms with Crippen molar-refractivity contribution in [2.75, 3.05) is 18.4 Å². The van der Waals surface area contributed by atoms with E-state index in [-0.39, 0.29) is 11.7 Å². The molecular weight excluding hydrogens is 271 g/mol. The van der Waals surface area contributed by atoms with E-state index in [2.05, 4.69) is 15.3 Å². The van der Waals surface area contributed by atoms with E-state index in [0.717, 1.165) is 5.69 Å². The fourth-order valence-electron chi connectivity index (χ4n) is 1.68. The van der Waals surface area contributed by atoms with Crippen LogP contribution in [-0.2, 0) is 0 Å². The Balaban J connectivity index is 2.24. The van der Waals surface area contributed by atoms with E-state index in [1.165, 1.54) is 12.1 Å². The van der Waals surface area contributed by atoms with E-state index in [0.29, 0.717) is 30.7 Å². The number of nitrogens with one attached hydrogen (secondary N) is 1. The largest absolute Gasteiger partial charge is 0.439 e. The molecule has 0 amide bonds. The van der Waals surface area contributed by atoms with Gasteiger partial charge in [0.15, 0.2) is 0 Å². The van der Waals surface area contributed by atoms with Crippen LogP contribution in [0, 0.1) is 5.82 Å². The van der Waals surface area contributed by atoms with Crippen LogP contribution < -0.4 is 15.8 Å². The molecule has 5 nitrogen and oxygen atoms in total. The molecule has 0 saturated carbocycles. The molecule has 112 valence electrons. The van der Waals surface area contributed by atoms with Gasteiger partial charge in [-0.2, -0.15) is 4.98 Å². The van der Waals surface area contributed by atoms with Crippen molar-refractivity contribution >= 4 is 5.95 Å². The van der Waals surface area contributed by atoms with Crippen LogP contribution in [0.5, 0.6) is 11.6 Å². The van der Waals surface area contributed by atoms with E-state index < -0.39 is 0 Å². The number of benzene rings is 1. The third kappa shape index (κ3) is 4.39. The Bertz CT molecular complexity index is 587. The highest BCUT2D eigenvalue weighted by Gasteiger charge is 2.09. The Morgan fingerprint density at radius 3 is 2.57 bits per heavy atom. The van der Waals surface area contributed by atoms with Crippen LogP contribution in [0.3, 0.4) is 0 Å². The Labute approximate surface area is 123 Å². The minimum Gasteiger partial charge on any atom is -0.439 e. The molecule has 0 fully saturated rings. The van der Waals surface area contributed by atoms with Crippen LogP contribution >= 0.6 is 0 Å². The number of nitrogens with zero attached hydrogens (tertiary/aromatic N) is 2. The lowest BCUT2D eigenvalue weighted by molar-refractivity contribution is 0.459. The third-order valence-corrected chi connectivity index (χ3v) is 2.78. The Hall–Kier alpha value is -2.21. The highest BCUT2D eigenvalue weighted by Crippen LogP contribution is 2.24. The number of ether oxygens (including phenoxy) is 1. The summed E-state index contributed by atoms with van der Waals surface area (Å²) >= 11 is 0. The highest BCUT2D eigenvalue weighted by atomic mass is 19.1. The number of anilines is 1. The maximum atomic E-state index is 12.9. The molecule has 0 bridgehead atoms. The highest BCUT2D eigenvalue weighted by molar-refractivity contribution is 5.35. The first-order valence-electron chi connectivity index (χ1n) is 6.85. The Morgan fingerprint density at radius 1 is 1.24 bits per heavy atom. The normalized spacial score (nSPS) is 10.7. The van der Waals surface area contributed by atoms with Crippen molar-refractivity contribution in [2.24, 2.45) is 5.73 Å². The Morgan fingerprint density at radius 2 is 1.95 bits per heavy atom. The zero-order valence-electron chi connectivity index (χ0n) is 12.1. The molecule has 0 atom stereocenters. The molecule has 2 rings (SSSR count). The summed E-state index contributed by atoms with van der Waals surface area (Å²) in [7, 11) is 0. The van der Waals surface area contributed by atoms with Gasteiger partial charge < -0.3 is 15.8 Å². The van der Waals surface area contributed by atoms with Crippen LogP contribution in [0.25, 0.3) is 0 Å². The second kappa shape index (κ2) is 6.99.